The summed E-state index contributed by atoms with van der Waals surface area (Å²) in [4.78, 5) is 15.6. The number of carbonyl (C=O) groups is 1. The molecule has 1 atom stereocenters. The minimum atomic E-state index is -0.596. The highest BCUT2D eigenvalue weighted by molar-refractivity contribution is 5.93. The van der Waals surface area contributed by atoms with Gasteiger partial charge in [-0.1, -0.05) is 0 Å². The zero-order valence-corrected chi connectivity index (χ0v) is 9.05. The van der Waals surface area contributed by atoms with Crippen LogP contribution in [-0.2, 0) is 14.3 Å². The van der Waals surface area contributed by atoms with Crippen LogP contribution in [0.1, 0.15) is 5.56 Å². The maximum Gasteiger partial charge on any atom is 0.257 e. The average molecular weight is 233 g/mol. The van der Waals surface area contributed by atoms with Crippen LogP contribution in [0.25, 0.3) is 0 Å². The van der Waals surface area contributed by atoms with Gasteiger partial charge in [0.25, 0.3) is 5.91 Å². The maximum atomic E-state index is 11.7. The van der Waals surface area contributed by atoms with Gasteiger partial charge in [0.2, 0.25) is 0 Å². The molecule has 0 bridgehead atoms. The van der Waals surface area contributed by atoms with E-state index in [0.717, 1.165) is 0 Å². The summed E-state index contributed by atoms with van der Waals surface area (Å²) >= 11 is 0. The van der Waals surface area contributed by atoms with Gasteiger partial charge in [0.15, 0.2) is 6.10 Å². The van der Waals surface area contributed by atoms with Gasteiger partial charge in [-0.2, -0.15) is 5.26 Å². The Labute approximate surface area is 98.2 Å². The van der Waals surface area contributed by atoms with E-state index in [1.54, 1.807) is 12.1 Å². The van der Waals surface area contributed by atoms with E-state index in [4.69, 9.17) is 14.7 Å². The van der Waals surface area contributed by atoms with Crippen molar-refractivity contribution >= 4 is 11.7 Å². The second kappa shape index (κ2) is 5.39. The Kier molecular flexibility index (Phi) is 3.65. The van der Waals surface area contributed by atoms with E-state index < -0.39 is 6.10 Å². The molecule has 0 spiro atoms. The highest BCUT2D eigenvalue weighted by atomic mass is 16.6. The first-order chi connectivity index (χ1) is 8.29. The van der Waals surface area contributed by atoms with Crippen LogP contribution in [0.4, 0.5) is 5.82 Å². The molecule has 0 radical (unpaired) electrons. The monoisotopic (exact) mass is 233 g/mol. The molecular formula is C11H11N3O3. The number of nitrogens with one attached hydrogen (secondary N) is 1. The summed E-state index contributed by atoms with van der Waals surface area (Å²) in [5.74, 6) is 0.102. The molecule has 1 N–H and O–H groups in total. The van der Waals surface area contributed by atoms with E-state index in [0.29, 0.717) is 24.6 Å². The van der Waals surface area contributed by atoms with Crippen molar-refractivity contribution in [3.05, 3.63) is 23.9 Å². The Morgan fingerprint density at radius 3 is 3.00 bits per heavy atom. The van der Waals surface area contributed by atoms with E-state index in [2.05, 4.69) is 10.3 Å². The van der Waals surface area contributed by atoms with Crippen molar-refractivity contribution in [2.24, 2.45) is 0 Å². The van der Waals surface area contributed by atoms with E-state index in [-0.39, 0.29) is 12.5 Å². The molecule has 1 aromatic rings. The van der Waals surface area contributed by atoms with Crippen LogP contribution in [0.2, 0.25) is 0 Å². The van der Waals surface area contributed by atoms with Crippen LogP contribution in [-0.4, -0.2) is 36.8 Å². The third-order valence-electron chi connectivity index (χ3n) is 2.25. The number of pyridine rings is 1. The van der Waals surface area contributed by atoms with Gasteiger partial charge in [0, 0.05) is 6.20 Å². The van der Waals surface area contributed by atoms with Gasteiger partial charge in [-0.25, -0.2) is 4.98 Å². The van der Waals surface area contributed by atoms with Gasteiger partial charge in [-0.3, -0.25) is 4.79 Å². The fraction of sp³-hybridized carbons (Fsp3) is 0.364. The number of aromatic nitrogens is 1. The molecule has 1 aliphatic rings. The predicted molar refractivity (Wildman–Crippen MR) is 58.1 cm³/mol. The molecule has 1 fully saturated rings. The Balaban J connectivity index is 1.95. The number of nitriles is 1. The lowest BCUT2D eigenvalue weighted by atomic mass is 10.3. The van der Waals surface area contributed by atoms with Crippen LogP contribution in [0.15, 0.2) is 18.3 Å². The van der Waals surface area contributed by atoms with E-state index >= 15 is 0 Å². The van der Waals surface area contributed by atoms with Gasteiger partial charge in [0.1, 0.15) is 11.9 Å². The summed E-state index contributed by atoms with van der Waals surface area (Å²) in [5.41, 5.74) is 0.445. The van der Waals surface area contributed by atoms with Crippen LogP contribution in [0, 0.1) is 11.3 Å². The van der Waals surface area contributed by atoms with Crippen molar-refractivity contribution in [1.82, 2.24) is 4.98 Å². The third kappa shape index (κ3) is 3.00. The van der Waals surface area contributed by atoms with Crippen molar-refractivity contribution in [3.63, 3.8) is 0 Å². The Bertz CT molecular complexity index is 432. The average Bonchev–Trinajstić information content (AvgIpc) is 2.40. The Hall–Kier alpha value is -1.97. The smallest absolute Gasteiger partial charge is 0.257 e. The summed E-state index contributed by atoms with van der Waals surface area (Å²) in [7, 11) is 0. The number of nitrogens with zero attached hydrogens (tertiary/aromatic N) is 2. The van der Waals surface area contributed by atoms with E-state index in [9.17, 15) is 4.79 Å². The number of rotatable bonds is 2. The van der Waals surface area contributed by atoms with Gasteiger partial charge < -0.3 is 14.8 Å². The van der Waals surface area contributed by atoms with Crippen molar-refractivity contribution in [2.75, 3.05) is 25.1 Å². The lowest BCUT2D eigenvalue weighted by Gasteiger charge is -2.21. The van der Waals surface area contributed by atoms with E-state index in [1.165, 1.54) is 6.20 Å². The molecule has 1 amide bonds. The molecule has 2 rings (SSSR count). The van der Waals surface area contributed by atoms with Gasteiger partial charge in [0.05, 0.1) is 25.4 Å². The fourth-order valence-electron chi connectivity index (χ4n) is 1.38. The molecule has 6 heteroatoms. The number of hydrogen-bond donors (Lipinski definition) is 1. The number of anilines is 1. The lowest BCUT2D eigenvalue weighted by molar-refractivity contribution is -0.142. The predicted octanol–water partition coefficient (Wildman–Crippen LogP) is 0.307. The van der Waals surface area contributed by atoms with Gasteiger partial charge in [-0.15, -0.1) is 0 Å². The number of amides is 1. The van der Waals surface area contributed by atoms with Crippen LogP contribution < -0.4 is 5.32 Å². The Morgan fingerprint density at radius 1 is 1.53 bits per heavy atom. The number of hydrogen-bond acceptors (Lipinski definition) is 5. The molecule has 88 valence electrons. The molecule has 1 unspecified atom stereocenters. The van der Waals surface area contributed by atoms with Crippen LogP contribution >= 0.6 is 0 Å². The highest BCUT2D eigenvalue weighted by Gasteiger charge is 2.22. The van der Waals surface area contributed by atoms with E-state index in [1.807, 2.05) is 6.07 Å². The first-order valence-electron chi connectivity index (χ1n) is 5.16. The summed E-state index contributed by atoms with van der Waals surface area (Å²) in [6, 6.07) is 5.10. The summed E-state index contributed by atoms with van der Waals surface area (Å²) in [6.07, 6.45) is 0.801. The van der Waals surface area contributed by atoms with Crippen molar-refractivity contribution < 1.29 is 14.3 Å². The molecule has 0 saturated carbocycles. The Morgan fingerprint density at radius 2 is 2.41 bits per heavy atom. The number of ether oxygens (including phenoxy) is 2. The van der Waals surface area contributed by atoms with Crippen molar-refractivity contribution in [2.45, 2.75) is 6.10 Å². The van der Waals surface area contributed by atoms with Gasteiger partial charge in [-0.05, 0) is 12.1 Å². The van der Waals surface area contributed by atoms with Crippen LogP contribution in [0.3, 0.4) is 0 Å². The second-order valence-electron chi connectivity index (χ2n) is 3.47. The second-order valence-corrected chi connectivity index (χ2v) is 3.47. The highest BCUT2D eigenvalue weighted by Crippen LogP contribution is 2.07. The standard InChI is InChI=1S/C11H11N3O3/c12-5-8-1-2-10(13-6-8)14-11(15)9-7-16-3-4-17-9/h1-2,6,9H,3-4,7H2,(H,13,14,15). The zero-order valence-electron chi connectivity index (χ0n) is 9.05. The molecule has 0 aromatic carbocycles. The molecule has 1 saturated heterocycles. The minimum absolute atomic E-state index is 0.252. The van der Waals surface area contributed by atoms with Crippen LogP contribution in [0.5, 0.6) is 0 Å². The topological polar surface area (TPSA) is 84.2 Å². The van der Waals surface area contributed by atoms with Crippen molar-refractivity contribution in [3.8, 4) is 6.07 Å². The molecule has 1 aromatic heterocycles. The molecule has 1 aliphatic heterocycles. The molecule has 17 heavy (non-hydrogen) atoms. The quantitative estimate of drug-likeness (QED) is 0.794. The summed E-state index contributed by atoms with van der Waals surface area (Å²) < 4.78 is 10.4. The fourth-order valence-corrected chi connectivity index (χ4v) is 1.38. The SMILES string of the molecule is N#Cc1ccc(NC(=O)C2COCCO2)nc1. The zero-order chi connectivity index (χ0) is 12.1. The minimum Gasteiger partial charge on any atom is -0.376 e. The number of carbonyl (C=O) groups excluding carboxylic acids is 1. The lowest BCUT2D eigenvalue weighted by Crippen LogP contribution is -2.39. The normalized spacial score (nSPS) is 19.4. The summed E-state index contributed by atoms with van der Waals surface area (Å²) in [5, 5.41) is 11.2. The largest absolute Gasteiger partial charge is 0.376 e. The third-order valence-corrected chi connectivity index (χ3v) is 2.25. The molecule has 6 nitrogen and oxygen atoms in total. The van der Waals surface area contributed by atoms with Crippen molar-refractivity contribution in [1.29, 1.82) is 5.26 Å². The first-order valence-corrected chi connectivity index (χ1v) is 5.16. The van der Waals surface area contributed by atoms with Gasteiger partial charge >= 0.3 is 0 Å². The molecular weight excluding hydrogens is 222 g/mol. The molecule has 2 heterocycles. The first kappa shape index (κ1) is 11.5. The summed E-state index contributed by atoms with van der Waals surface area (Å²) in [6.45, 7) is 1.18. The maximum absolute atomic E-state index is 11.7. The molecule has 0 aliphatic carbocycles.